The van der Waals surface area contributed by atoms with E-state index in [4.69, 9.17) is 4.74 Å². The van der Waals surface area contributed by atoms with Crippen molar-refractivity contribution in [3.63, 3.8) is 0 Å². The molecule has 1 aliphatic rings. The molecule has 0 unspecified atom stereocenters. The number of aromatic nitrogens is 4. The van der Waals surface area contributed by atoms with Crippen LogP contribution in [0.15, 0.2) is 49.1 Å². The summed E-state index contributed by atoms with van der Waals surface area (Å²) in [5.74, 6) is 0.948. The Kier molecular flexibility index (Phi) is 4.58. The Bertz CT molecular complexity index is 965. The molecule has 0 amide bonds. The molecular weight excluding hydrogens is 373 g/mol. The fourth-order valence-corrected chi connectivity index (χ4v) is 3.12. The van der Waals surface area contributed by atoms with Crippen LogP contribution in [0.4, 0.5) is 13.2 Å². The number of nitrogens with zero attached hydrogens (tertiary/aromatic N) is 4. The standard InChI is InChI=1S/C19H15F3N4O2/c1-27-16-7-11(3-4-15(16)28-19(20,21)22)13-8-14(13)12-9-25-18(26-10-12)17-23-5-2-6-24-17/h2-7,9-10,13-14H,8H2,1H3/t13-,14-/m0/s1. The highest BCUT2D eigenvalue weighted by atomic mass is 19.4. The summed E-state index contributed by atoms with van der Waals surface area (Å²) in [7, 11) is 1.31. The fraction of sp³-hybridized carbons (Fsp3) is 0.263. The average Bonchev–Trinajstić information content (AvgIpc) is 3.49. The molecule has 2 atom stereocenters. The predicted octanol–water partition coefficient (Wildman–Crippen LogP) is 4.11. The van der Waals surface area contributed by atoms with Gasteiger partial charge in [0.25, 0.3) is 0 Å². The molecule has 2 aromatic heterocycles. The Balaban J connectivity index is 1.49. The number of ether oxygens (including phenoxy) is 2. The molecular formula is C19H15F3N4O2. The molecule has 144 valence electrons. The van der Waals surface area contributed by atoms with Gasteiger partial charge in [-0.1, -0.05) is 6.07 Å². The number of halogens is 3. The Morgan fingerprint density at radius 3 is 2.18 bits per heavy atom. The zero-order chi connectivity index (χ0) is 19.7. The van der Waals surface area contributed by atoms with Crippen LogP contribution in [0.2, 0.25) is 0 Å². The Morgan fingerprint density at radius 1 is 0.893 bits per heavy atom. The van der Waals surface area contributed by atoms with Crippen LogP contribution in [0, 0.1) is 0 Å². The number of alkyl halides is 3. The maximum absolute atomic E-state index is 12.5. The molecule has 2 heterocycles. The number of methoxy groups -OCH3 is 1. The highest BCUT2D eigenvalue weighted by molar-refractivity contribution is 5.47. The van der Waals surface area contributed by atoms with Gasteiger partial charge in [0.15, 0.2) is 23.1 Å². The number of benzene rings is 1. The van der Waals surface area contributed by atoms with E-state index in [-0.39, 0.29) is 23.3 Å². The van der Waals surface area contributed by atoms with Gasteiger partial charge in [-0.3, -0.25) is 0 Å². The van der Waals surface area contributed by atoms with Crippen molar-refractivity contribution >= 4 is 0 Å². The minimum atomic E-state index is -4.77. The highest BCUT2D eigenvalue weighted by Gasteiger charge is 2.41. The molecule has 28 heavy (non-hydrogen) atoms. The lowest BCUT2D eigenvalue weighted by molar-refractivity contribution is -0.275. The predicted molar refractivity (Wildman–Crippen MR) is 92.8 cm³/mol. The molecule has 0 saturated heterocycles. The second kappa shape index (κ2) is 7.06. The number of rotatable bonds is 5. The van der Waals surface area contributed by atoms with Crippen molar-refractivity contribution in [2.75, 3.05) is 7.11 Å². The van der Waals surface area contributed by atoms with Crippen LogP contribution >= 0.6 is 0 Å². The first-order chi connectivity index (χ1) is 13.4. The molecule has 1 saturated carbocycles. The van der Waals surface area contributed by atoms with E-state index in [2.05, 4.69) is 24.7 Å². The summed E-state index contributed by atoms with van der Waals surface area (Å²) in [5, 5.41) is 0. The van der Waals surface area contributed by atoms with Crippen molar-refractivity contribution in [2.45, 2.75) is 24.6 Å². The van der Waals surface area contributed by atoms with Gasteiger partial charge < -0.3 is 9.47 Å². The molecule has 0 aliphatic heterocycles. The van der Waals surface area contributed by atoms with Crippen LogP contribution in [-0.4, -0.2) is 33.4 Å². The molecule has 4 rings (SSSR count). The van der Waals surface area contributed by atoms with E-state index in [1.165, 1.54) is 13.2 Å². The van der Waals surface area contributed by atoms with Gasteiger partial charge in [-0.25, -0.2) is 19.9 Å². The van der Waals surface area contributed by atoms with Crippen LogP contribution in [0.3, 0.4) is 0 Å². The summed E-state index contributed by atoms with van der Waals surface area (Å²) >= 11 is 0. The van der Waals surface area contributed by atoms with E-state index >= 15 is 0 Å². The lowest BCUT2D eigenvalue weighted by atomic mass is 10.1. The van der Waals surface area contributed by atoms with Gasteiger partial charge in [0, 0.05) is 24.8 Å². The first kappa shape index (κ1) is 18.1. The quantitative estimate of drug-likeness (QED) is 0.655. The Hall–Kier alpha value is -3.23. The van der Waals surface area contributed by atoms with Gasteiger partial charge in [0.2, 0.25) is 0 Å². The van der Waals surface area contributed by atoms with E-state index in [0.29, 0.717) is 11.6 Å². The Morgan fingerprint density at radius 2 is 1.54 bits per heavy atom. The van der Waals surface area contributed by atoms with Crippen molar-refractivity contribution in [3.05, 3.63) is 60.2 Å². The molecule has 0 spiro atoms. The summed E-state index contributed by atoms with van der Waals surface area (Å²) in [6, 6.07) is 6.20. The third-order valence-electron chi connectivity index (χ3n) is 4.50. The van der Waals surface area contributed by atoms with Gasteiger partial charge in [-0.15, -0.1) is 13.2 Å². The summed E-state index contributed by atoms with van der Waals surface area (Å²) in [5.41, 5.74) is 1.84. The molecule has 0 N–H and O–H groups in total. The molecule has 1 aromatic carbocycles. The van der Waals surface area contributed by atoms with Crippen molar-refractivity contribution in [1.82, 2.24) is 19.9 Å². The van der Waals surface area contributed by atoms with Crippen LogP contribution in [-0.2, 0) is 0 Å². The zero-order valence-electron chi connectivity index (χ0n) is 14.7. The van der Waals surface area contributed by atoms with Gasteiger partial charge in [0.05, 0.1) is 7.11 Å². The molecule has 1 fully saturated rings. The number of hydrogen-bond acceptors (Lipinski definition) is 6. The van der Waals surface area contributed by atoms with Crippen molar-refractivity contribution in [1.29, 1.82) is 0 Å². The van der Waals surface area contributed by atoms with Crippen LogP contribution in [0.25, 0.3) is 11.6 Å². The first-order valence-corrected chi connectivity index (χ1v) is 8.47. The number of hydrogen-bond donors (Lipinski definition) is 0. The van der Waals surface area contributed by atoms with E-state index in [9.17, 15) is 13.2 Å². The van der Waals surface area contributed by atoms with E-state index in [1.807, 2.05) is 0 Å². The molecule has 9 heteroatoms. The average molecular weight is 388 g/mol. The van der Waals surface area contributed by atoms with Gasteiger partial charge in [-0.05, 0) is 47.6 Å². The topological polar surface area (TPSA) is 70.0 Å². The van der Waals surface area contributed by atoms with Gasteiger partial charge >= 0.3 is 6.36 Å². The Labute approximate surface area is 158 Å². The molecule has 0 radical (unpaired) electrons. The minimum Gasteiger partial charge on any atom is -0.493 e. The van der Waals surface area contributed by atoms with Crippen molar-refractivity contribution in [2.24, 2.45) is 0 Å². The SMILES string of the molecule is COc1cc([C@@H]2C[C@H]2c2cnc(-c3ncccn3)nc2)ccc1OC(F)(F)F. The van der Waals surface area contributed by atoms with Crippen LogP contribution in [0.1, 0.15) is 29.4 Å². The largest absolute Gasteiger partial charge is 0.573 e. The monoisotopic (exact) mass is 388 g/mol. The normalized spacial score (nSPS) is 18.6. The fourth-order valence-electron chi connectivity index (χ4n) is 3.12. The molecule has 6 nitrogen and oxygen atoms in total. The lowest BCUT2D eigenvalue weighted by Crippen LogP contribution is -2.17. The van der Waals surface area contributed by atoms with Crippen molar-refractivity contribution < 1.29 is 22.6 Å². The maximum Gasteiger partial charge on any atom is 0.573 e. The summed E-state index contributed by atoms with van der Waals surface area (Å²) in [6.07, 6.45) is 2.81. The second-order valence-corrected chi connectivity index (χ2v) is 6.32. The van der Waals surface area contributed by atoms with E-state index in [0.717, 1.165) is 17.5 Å². The summed E-state index contributed by atoms with van der Waals surface area (Å²) in [6.45, 7) is 0. The van der Waals surface area contributed by atoms with Crippen LogP contribution < -0.4 is 9.47 Å². The third kappa shape index (κ3) is 3.88. The van der Waals surface area contributed by atoms with E-state index in [1.54, 1.807) is 43.0 Å². The lowest BCUT2D eigenvalue weighted by Gasteiger charge is -2.13. The molecule has 1 aliphatic carbocycles. The van der Waals surface area contributed by atoms with Gasteiger partial charge in [0.1, 0.15) is 0 Å². The second-order valence-electron chi connectivity index (χ2n) is 6.32. The van der Waals surface area contributed by atoms with Crippen molar-refractivity contribution in [3.8, 4) is 23.1 Å². The van der Waals surface area contributed by atoms with Crippen LogP contribution in [0.5, 0.6) is 11.5 Å². The maximum atomic E-state index is 12.5. The first-order valence-electron chi connectivity index (χ1n) is 8.47. The zero-order valence-corrected chi connectivity index (χ0v) is 14.7. The third-order valence-corrected chi connectivity index (χ3v) is 4.50. The minimum absolute atomic E-state index is 0.0494. The smallest absolute Gasteiger partial charge is 0.493 e. The molecule has 3 aromatic rings. The summed E-state index contributed by atoms with van der Waals surface area (Å²) < 4.78 is 46.4. The summed E-state index contributed by atoms with van der Waals surface area (Å²) in [4.78, 5) is 16.9. The van der Waals surface area contributed by atoms with E-state index < -0.39 is 6.36 Å². The van der Waals surface area contributed by atoms with Gasteiger partial charge in [-0.2, -0.15) is 0 Å². The molecule has 0 bridgehead atoms. The highest BCUT2D eigenvalue weighted by Crippen LogP contribution is 2.55.